The number of anilines is 1. The van der Waals surface area contributed by atoms with E-state index in [0.29, 0.717) is 6.54 Å². The maximum absolute atomic E-state index is 4.97. The van der Waals surface area contributed by atoms with Gasteiger partial charge in [0.2, 0.25) is 0 Å². The Labute approximate surface area is 198 Å². The number of imidazole rings is 2. The van der Waals surface area contributed by atoms with E-state index in [-0.39, 0.29) is 0 Å². The normalized spacial score (nSPS) is 11.3. The van der Waals surface area contributed by atoms with Crippen molar-refractivity contribution in [2.45, 2.75) is 19.6 Å². The molecule has 4 aromatic carbocycles. The highest BCUT2D eigenvalue weighted by Gasteiger charge is 2.19. The summed E-state index contributed by atoms with van der Waals surface area (Å²) in [5, 5.41) is 3.65. The Morgan fingerprint density at radius 2 is 1.41 bits per heavy atom. The minimum absolute atomic E-state index is 0.614. The van der Waals surface area contributed by atoms with Crippen molar-refractivity contribution in [1.82, 2.24) is 14.5 Å². The number of para-hydroxylation sites is 4. The molecule has 0 aliphatic rings. The number of aromatic nitrogens is 4. The van der Waals surface area contributed by atoms with Gasteiger partial charge in [0.1, 0.15) is 23.4 Å². The molecular weight excluding hydrogens is 418 g/mol. The van der Waals surface area contributed by atoms with E-state index in [1.54, 1.807) is 0 Å². The summed E-state index contributed by atoms with van der Waals surface area (Å²) >= 11 is 0. The quantitative estimate of drug-likeness (QED) is 0.319. The lowest BCUT2D eigenvalue weighted by Gasteiger charge is -2.09. The molecule has 2 heterocycles. The van der Waals surface area contributed by atoms with Gasteiger partial charge in [-0.1, -0.05) is 84.9 Å². The van der Waals surface area contributed by atoms with Gasteiger partial charge in [-0.15, -0.1) is 0 Å². The number of fused-ring (bicyclic) bond motifs is 2. The molecule has 0 unspecified atom stereocenters. The van der Waals surface area contributed by atoms with Gasteiger partial charge in [0.05, 0.1) is 17.6 Å². The van der Waals surface area contributed by atoms with Gasteiger partial charge in [-0.2, -0.15) is 0 Å². The zero-order valence-corrected chi connectivity index (χ0v) is 18.9. The minimum Gasteiger partial charge on any atom is -0.321 e. The van der Waals surface area contributed by atoms with Gasteiger partial charge in [0.25, 0.3) is 0 Å². The van der Waals surface area contributed by atoms with Crippen LogP contribution in [0, 0.1) is 0 Å². The van der Waals surface area contributed by atoms with Crippen LogP contribution >= 0.6 is 0 Å². The molecule has 0 spiro atoms. The number of benzene rings is 4. The Morgan fingerprint density at radius 3 is 2.24 bits per heavy atom. The first-order valence-corrected chi connectivity index (χ1v) is 11.6. The van der Waals surface area contributed by atoms with E-state index in [2.05, 4.69) is 123 Å². The largest absolute Gasteiger partial charge is 0.356 e. The minimum atomic E-state index is 0.614. The van der Waals surface area contributed by atoms with Gasteiger partial charge in [0.15, 0.2) is 0 Å². The number of nitrogens with one attached hydrogen (secondary N) is 2. The summed E-state index contributed by atoms with van der Waals surface area (Å²) in [6, 6.07) is 37.9. The maximum atomic E-state index is 4.97. The van der Waals surface area contributed by atoms with Gasteiger partial charge in [-0.3, -0.25) is 5.32 Å². The molecule has 0 saturated carbocycles. The molecule has 0 saturated heterocycles. The van der Waals surface area contributed by atoms with Crippen LogP contribution in [0.25, 0.3) is 22.1 Å². The molecule has 0 bridgehead atoms. The summed E-state index contributed by atoms with van der Waals surface area (Å²) in [6.45, 7) is 2.19. The predicted octanol–water partition coefficient (Wildman–Crippen LogP) is 5.51. The third-order valence-corrected chi connectivity index (χ3v) is 6.23. The molecule has 0 aliphatic carbocycles. The van der Waals surface area contributed by atoms with Crippen molar-refractivity contribution < 1.29 is 4.57 Å². The Morgan fingerprint density at radius 1 is 0.735 bits per heavy atom. The van der Waals surface area contributed by atoms with Crippen LogP contribution in [0.15, 0.2) is 109 Å². The third-order valence-electron chi connectivity index (χ3n) is 6.23. The highest BCUT2D eigenvalue weighted by atomic mass is 15.2. The number of hydrogen-bond acceptors (Lipinski definition) is 2. The number of H-pyrrole nitrogens is 1. The molecule has 0 aliphatic heterocycles. The van der Waals surface area contributed by atoms with Gasteiger partial charge in [-0.25, -0.2) is 14.5 Å². The predicted molar refractivity (Wildman–Crippen MR) is 137 cm³/mol. The lowest BCUT2D eigenvalue weighted by molar-refractivity contribution is -0.647. The Hall–Kier alpha value is -4.38. The van der Waals surface area contributed by atoms with Crippen molar-refractivity contribution in [3.63, 3.8) is 0 Å². The Kier molecular flexibility index (Phi) is 5.28. The first-order chi connectivity index (χ1) is 16.8. The SMILES string of the molecule is c1ccc(Cn2c(CNc3[nH]c4ccccc4[n+]3Cc3ccccc3)nc3ccccc32)cc1. The molecule has 0 radical (unpaired) electrons. The van der Waals surface area contributed by atoms with Crippen LogP contribution in [0.2, 0.25) is 0 Å². The zero-order valence-electron chi connectivity index (χ0n) is 18.9. The van der Waals surface area contributed by atoms with Crippen molar-refractivity contribution in [1.29, 1.82) is 0 Å². The van der Waals surface area contributed by atoms with Gasteiger partial charge in [-0.05, 0) is 35.4 Å². The molecule has 2 aromatic heterocycles. The monoisotopic (exact) mass is 444 g/mol. The van der Waals surface area contributed by atoms with Crippen molar-refractivity contribution in [2.24, 2.45) is 0 Å². The summed E-state index contributed by atoms with van der Waals surface area (Å²) in [6.07, 6.45) is 0. The molecule has 0 amide bonds. The molecule has 0 fully saturated rings. The van der Waals surface area contributed by atoms with Crippen LogP contribution in [0.3, 0.4) is 0 Å². The summed E-state index contributed by atoms with van der Waals surface area (Å²) in [5.41, 5.74) is 6.97. The maximum Gasteiger partial charge on any atom is 0.356 e. The second kappa shape index (κ2) is 8.87. The van der Waals surface area contributed by atoms with Crippen LogP contribution in [0.5, 0.6) is 0 Å². The van der Waals surface area contributed by atoms with Gasteiger partial charge in [0, 0.05) is 6.54 Å². The van der Waals surface area contributed by atoms with Crippen molar-refractivity contribution in [3.8, 4) is 0 Å². The lowest BCUT2D eigenvalue weighted by Crippen LogP contribution is -2.36. The third kappa shape index (κ3) is 3.92. The molecule has 5 heteroatoms. The van der Waals surface area contributed by atoms with Crippen molar-refractivity contribution in [3.05, 3.63) is 126 Å². The second-order valence-corrected chi connectivity index (χ2v) is 8.50. The van der Waals surface area contributed by atoms with Crippen LogP contribution in [-0.2, 0) is 19.6 Å². The molecule has 2 N–H and O–H groups in total. The fraction of sp³-hybridized carbons (Fsp3) is 0.103. The number of rotatable bonds is 7. The summed E-state index contributed by atoms with van der Waals surface area (Å²) in [5.74, 6) is 1.98. The first kappa shape index (κ1) is 20.2. The molecule has 6 rings (SSSR count). The molecule has 166 valence electrons. The number of nitrogens with zero attached hydrogens (tertiary/aromatic N) is 3. The smallest absolute Gasteiger partial charge is 0.321 e. The Bertz CT molecular complexity index is 1430. The van der Waals surface area contributed by atoms with Gasteiger partial charge >= 0.3 is 5.95 Å². The lowest BCUT2D eigenvalue weighted by atomic mass is 10.2. The standard InChI is InChI=1S/C29H25N5/c1-3-11-22(12-4-1)20-33-26-17-9-7-15-24(26)31-28(33)19-30-29-32-25-16-8-10-18-27(25)34(29)21-23-13-5-2-6-14-23/h1-18H,19-21H2,(H,30,32)/p+1. The average molecular weight is 445 g/mol. The molecule has 34 heavy (non-hydrogen) atoms. The van der Waals surface area contributed by atoms with Crippen LogP contribution in [0.1, 0.15) is 17.0 Å². The highest BCUT2D eigenvalue weighted by Crippen LogP contribution is 2.20. The molecule has 6 aromatic rings. The van der Waals surface area contributed by atoms with E-state index in [1.807, 2.05) is 6.07 Å². The molecule has 0 atom stereocenters. The van der Waals surface area contributed by atoms with Crippen LogP contribution < -0.4 is 9.88 Å². The zero-order chi connectivity index (χ0) is 22.7. The summed E-state index contributed by atoms with van der Waals surface area (Å²) in [7, 11) is 0. The number of hydrogen-bond donors (Lipinski definition) is 2. The van der Waals surface area contributed by atoms with E-state index in [1.165, 1.54) is 16.6 Å². The fourth-order valence-electron chi connectivity index (χ4n) is 4.57. The molecule has 5 nitrogen and oxygen atoms in total. The van der Waals surface area contributed by atoms with Crippen LogP contribution in [-0.4, -0.2) is 14.5 Å². The Balaban J connectivity index is 1.35. The highest BCUT2D eigenvalue weighted by molar-refractivity contribution is 5.76. The molecular formula is C29H26N5+. The van der Waals surface area contributed by atoms with Gasteiger partial charge < -0.3 is 4.57 Å². The first-order valence-electron chi connectivity index (χ1n) is 11.6. The summed E-state index contributed by atoms with van der Waals surface area (Å²) < 4.78 is 4.61. The van der Waals surface area contributed by atoms with E-state index in [0.717, 1.165) is 41.4 Å². The number of aromatic amines is 1. The summed E-state index contributed by atoms with van der Waals surface area (Å²) in [4.78, 5) is 8.54. The van der Waals surface area contributed by atoms with E-state index in [9.17, 15) is 0 Å². The topological polar surface area (TPSA) is 49.5 Å². The fourth-order valence-corrected chi connectivity index (χ4v) is 4.57. The van der Waals surface area contributed by atoms with E-state index < -0.39 is 0 Å². The van der Waals surface area contributed by atoms with Crippen LogP contribution in [0.4, 0.5) is 5.95 Å². The van der Waals surface area contributed by atoms with Crippen molar-refractivity contribution >= 4 is 28.0 Å². The van der Waals surface area contributed by atoms with Crippen molar-refractivity contribution in [2.75, 3.05) is 5.32 Å². The van der Waals surface area contributed by atoms with E-state index >= 15 is 0 Å². The average Bonchev–Trinajstić information content (AvgIpc) is 3.42. The van der Waals surface area contributed by atoms with E-state index in [4.69, 9.17) is 4.98 Å². The second-order valence-electron chi connectivity index (χ2n) is 8.50.